The number of nitrogens with one attached hydrogen (secondary N) is 1. The van der Waals surface area contributed by atoms with E-state index in [9.17, 15) is 9.59 Å². The summed E-state index contributed by atoms with van der Waals surface area (Å²) < 4.78 is 6.83. The maximum absolute atomic E-state index is 12.8. The number of carbonyl (C=O) groups is 2. The maximum Gasteiger partial charge on any atom is 0.333 e. The molecule has 3 aromatic carbocycles. The molecule has 5 nitrogen and oxygen atoms in total. The Morgan fingerprint density at radius 2 is 1.74 bits per heavy atom. The van der Waals surface area contributed by atoms with E-state index in [1.165, 1.54) is 5.56 Å². The zero-order valence-electron chi connectivity index (χ0n) is 16.6. The van der Waals surface area contributed by atoms with Gasteiger partial charge in [-0.2, -0.15) is 0 Å². The smallest absolute Gasteiger partial charge is 0.333 e. The summed E-state index contributed by atoms with van der Waals surface area (Å²) in [6.45, 7) is 2.52. The minimum atomic E-state index is -0.494. The van der Waals surface area contributed by atoms with Crippen LogP contribution < -0.4 is 15.0 Å². The van der Waals surface area contributed by atoms with Crippen LogP contribution in [0.3, 0.4) is 0 Å². The first kappa shape index (κ1) is 21.4. The monoisotopic (exact) mass is 544 g/mol. The number of aryl methyl sites for hydroxylation is 1. The summed E-state index contributed by atoms with van der Waals surface area (Å²) in [6, 6.07) is 19.9. The fraction of sp³-hybridized carbons (Fsp3) is 0.0833. The second kappa shape index (κ2) is 9.11. The Balaban J connectivity index is 1.49. The van der Waals surface area contributed by atoms with Gasteiger partial charge in [-0.3, -0.25) is 4.79 Å². The van der Waals surface area contributed by atoms with Gasteiger partial charge in [0.25, 0.3) is 5.91 Å². The number of anilines is 1. The Morgan fingerprint density at radius 1 is 1.03 bits per heavy atom. The SMILES string of the molecule is Cc1ccc(COc2ccc(/C=C3/NC(=O)N(c4ccc(Cl)cc4)C3=O)cc2I)cc1. The first-order chi connectivity index (χ1) is 14.9. The van der Waals surface area contributed by atoms with Crippen molar-refractivity contribution in [3.05, 3.63) is 97.7 Å². The molecule has 156 valence electrons. The van der Waals surface area contributed by atoms with Crippen molar-refractivity contribution >= 4 is 57.9 Å². The number of halogens is 2. The van der Waals surface area contributed by atoms with Gasteiger partial charge in [-0.1, -0.05) is 47.5 Å². The number of ether oxygens (including phenoxy) is 1. The van der Waals surface area contributed by atoms with E-state index >= 15 is 0 Å². The Kier molecular flexibility index (Phi) is 6.29. The van der Waals surface area contributed by atoms with E-state index in [0.29, 0.717) is 17.3 Å². The first-order valence-corrected chi connectivity index (χ1v) is 11.0. The minimum Gasteiger partial charge on any atom is -0.488 e. The lowest BCUT2D eigenvalue weighted by Crippen LogP contribution is -2.30. The van der Waals surface area contributed by atoms with E-state index in [4.69, 9.17) is 16.3 Å². The van der Waals surface area contributed by atoms with Crippen molar-refractivity contribution in [1.29, 1.82) is 0 Å². The molecule has 7 heteroatoms. The lowest BCUT2D eigenvalue weighted by Gasteiger charge is -2.11. The van der Waals surface area contributed by atoms with Crippen molar-refractivity contribution in [2.75, 3.05) is 4.90 Å². The molecule has 1 saturated heterocycles. The number of imide groups is 1. The second-order valence-electron chi connectivity index (χ2n) is 7.07. The summed E-state index contributed by atoms with van der Waals surface area (Å²) in [4.78, 5) is 26.2. The Bertz CT molecular complexity index is 1170. The van der Waals surface area contributed by atoms with Crippen LogP contribution in [0.1, 0.15) is 16.7 Å². The second-order valence-corrected chi connectivity index (χ2v) is 8.67. The van der Waals surface area contributed by atoms with Crippen LogP contribution in [0.2, 0.25) is 5.02 Å². The van der Waals surface area contributed by atoms with E-state index in [-0.39, 0.29) is 5.70 Å². The molecule has 0 radical (unpaired) electrons. The molecular weight excluding hydrogens is 527 g/mol. The Hall–Kier alpha value is -2.84. The molecule has 0 spiro atoms. The van der Waals surface area contributed by atoms with E-state index < -0.39 is 11.9 Å². The van der Waals surface area contributed by atoms with Crippen LogP contribution in [0.5, 0.6) is 5.75 Å². The van der Waals surface area contributed by atoms with Crippen molar-refractivity contribution in [3.8, 4) is 5.75 Å². The number of hydrogen-bond donors (Lipinski definition) is 1. The topological polar surface area (TPSA) is 58.6 Å². The predicted octanol–water partition coefficient (Wildman–Crippen LogP) is 5.93. The molecule has 4 rings (SSSR count). The highest BCUT2D eigenvalue weighted by atomic mass is 127. The van der Waals surface area contributed by atoms with Gasteiger partial charge in [0.15, 0.2) is 0 Å². The predicted molar refractivity (Wildman–Crippen MR) is 130 cm³/mol. The van der Waals surface area contributed by atoms with Gasteiger partial charge >= 0.3 is 6.03 Å². The molecule has 1 aliphatic rings. The molecule has 3 aromatic rings. The highest BCUT2D eigenvalue weighted by Crippen LogP contribution is 2.27. The normalized spacial score (nSPS) is 14.8. The average Bonchev–Trinajstić information content (AvgIpc) is 3.02. The molecular formula is C24H18ClIN2O3. The molecule has 0 aliphatic carbocycles. The quantitative estimate of drug-likeness (QED) is 0.246. The van der Waals surface area contributed by atoms with Gasteiger partial charge in [-0.25, -0.2) is 9.69 Å². The van der Waals surface area contributed by atoms with E-state index in [2.05, 4.69) is 40.0 Å². The highest BCUT2D eigenvalue weighted by Gasteiger charge is 2.34. The third-order valence-electron chi connectivity index (χ3n) is 4.74. The number of hydrogen-bond acceptors (Lipinski definition) is 3. The van der Waals surface area contributed by atoms with E-state index in [1.807, 2.05) is 37.3 Å². The number of amides is 3. The summed E-state index contributed by atoms with van der Waals surface area (Å²) in [5, 5.41) is 3.17. The van der Waals surface area contributed by atoms with Crippen LogP contribution >= 0.6 is 34.2 Å². The molecule has 0 bridgehead atoms. The molecule has 1 fully saturated rings. The third-order valence-corrected chi connectivity index (χ3v) is 5.84. The number of carbonyl (C=O) groups excluding carboxylic acids is 2. The highest BCUT2D eigenvalue weighted by molar-refractivity contribution is 14.1. The summed E-state index contributed by atoms with van der Waals surface area (Å²) in [6.07, 6.45) is 1.65. The van der Waals surface area contributed by atoms with Crippen molar-refractivity contribution < 1.29 is 14.3 Å². The minimum absolute atomic E-state index is 0.212. The lowest BCUT2D eigenvalue weighted by atomic mass is 10.1. The Labute approximate surface area is 198 Å². The zero-order chi connectivity index (χ0) is 22.0. The van der Waals surface area contributed by atoms with Crippen LogP contribution in [0.25, 0.3) is 6.08 Å². The fourth-order valence-corrected chi connectivity index (χ4v) is 3.92. The van der Waals surface area contributed by atoms with Gasteiger partial charge < -0.3 is 10.1 Å². The van der Waals surface area contributed by atoms with E-state index in [1.54, 1.807) is 30.3 Å². The molecule has 3 amide bonds. The van der Waals surface area contributed by atoms with Gasteiger partial charge in [0.2, 0.25) is 0 Å². The van der Waals surface area contributed by atoms with Crippen LogP contribution in [-0.2, 0) is 11.4 Å². The molecule has 0 atom stereocenters. The number of rotatable bonds is 5. The molecule has 0 saturated carbocycles. The van der Waals surface area contributed by atoms with Gasteiger partial charge in [-0.05, 0) is 83.1 Å². The molecule has 0 aromatic heterocycles. The molecule has 1 heterocycles. The van der Waals surface area contributed by atoms with Gasteiger partial charge in [0.1, 0.15) is 18.1 Å². The van der Waals surface area contributed by atoms with Crippen molar-refractivity contribution in [2.24, 2.45) is 0 Å². The number of nitrogens with zero attached hydrogens (tertiary/aromatic N) is 1. The lowest BCUT2D eigenvalue weighted by molar-refractivity contribution is -0.113. The maximum atomic E-state index is 12.8. The molecule has 31 heavy (non-hydrogen) atoms. The number of benzene rings is 3. The molecule has 1 aliphatic heterocycles. The fourth-order valence-electron chi connectivity index (χ4n) is 3.10. The number of urea groups is 1. The van der Waals surface area contributed by atoms with Crippen LogP contribution in [-0.4, -0.2) is 11.9 Å². The average molecular weight is 545 g/mol. The Morgan fingerprint density at radius 3 is 2.42 bits per heavy atom. The van der Waals surface area contributed by atoms with Crippen LogP contribution in [0.4, 0.5) is 10.5 Å². The molecule has 1 N–H and O–H groups in total. The first-order valence-electron chi connectivity index (χ1n) is 9.51. The standard InChI is InChI=1S/C24H18ClIN2O3/c1-15-2-4-16(5-3-15)14-31-22-11-6-17(12-20(22)26)13-21-23(29)28(24(30)27-21)19-9-7-18(25)8-10-19/h2-13H,14H2,1H3,(H,27,30)/b21-13+. The summed E-state index contributed by atoms with van der Waals surface area (Å²) in [5.74, 6) is 0.343. The van der Waals surface area contributed by atoms with Gasteiger partial charge in [-0.15, -0.1) is 0 Å². The summed E-state index contributed by atoms with van der Waals surface area (Å²) >= 11 is 8.09. The largest absolute Gasteiger partial charge is 0.488 e. The van der Waals surface area contributed by atoms with Crippen LogP contribution in [0.15, 0.2) is 72.4 Å². The van der Waals surface area contributed by atoms with E-state index in [0.717, 1.165) is 25.3 Å². The summed E-state index contributed by atoms with van der Waals surface area (Å²) in [7, 11) is 0. The van der Waals surface area contributed by atoms with Crippen LogP contribution in [0, 0.1) is 10.5 Å². The van der Waals surface area contributed by atoms with Gasteiger partial charge in [0.05, 0.1) is 9.26 Å². The zero-order valence-corrected chi connectivity index (χ0v) is 19.5. The van der Waals surface area contributed by atoms with Crippen molar-refractivity contribution in [3.63, 3.8) is 0 Å². The summed E-state index contributed by atoms with van der Waals surface area (Å²) in [5.41, 5.74) is 3.76. The van der Waals surface area contributed by atoms with Crippen molar-refractivity contribution in [1.82, 2.24) is 5.32 Å². The van der Waals surface area contributed by atoms with Crippen molar-refractivity contribution in [2.45, 2.75) is 13.5 Å². The van der Waals surface area contributed by atoms with Gasteiger partial charge in [0, 0.05) is 5.02 Å². The molecule has 0 unspecified atom stereocenters. The third kappa shape index (κ3) is 4.91.